The average molecular weight is 666 g/mol. The van der Waals surface area contributed by atoms with Crippen LogP contribution in [0.3, 0.4) is 0 Å². The summed E-state index contributed by atoms with van der Waals surface area (Å²) in [6, 6.07) is 3.43. The molecule has 17 nitrogen and oxygen atoms in total. The van der Waals surface area contributed by atoms with Crippen molar-refractivity contribution in [1.82, 2.24) is 0 Å². The summed E-state index contributed by atoms with van der Waals surface area (Å²) >= 11 is 0. The van der Waals surface area contributed by atoms with Gasteiger partial charge in [-0.3, -0.25) is 20.2 Å². The Bertz CT molecular complexity index is 897. The highest BCUT2D eigenvalue weighted by Gasteiger charge is 2.19. The van der Waals surface area contributed by atoms with Crippen LogP contribution in [-0.4, -0.2) is 148 Å². The number of hydrogen-bond donors (Lipinski definition) is 1. The van der Waals surface area contributed by atoms with Crippen molar-refractivity contribution in [2.45, 2.75) is 20.0 Å². The first-order chi connectivity index (χ1) is 22.4. The summed E-state index contributed by atoms with van der Waals surface area (Å²) in [6.07, 6.45) is 0.217. The smallest absolute Gasteiger partial charge is 0.299 e. The topological polar surface area (TPSA) is 191 Å². The number of rotatable bonds is 34. The van der Waals surface area contributed by atoms with Crippen LogP contribution in [-0.2, 0) is 47.4 Å². The van der Waals surface area contributed by atoms with E-state index >= 15 is 0 Å². The molecule has 1 N–H and O–H groups in total. The van der Waals surface area contributed by atoms with Crippen LogP contribution in [0.15, 0.2) is 18.2 Å². The van der Waals surface area contributed by atoms with Gasteiger partial charge in [0, 0.05) is 12.6 Å². The van der Waals surface area contributed by atoms with Gasteiger partial charge in [0.2, 0.25) is 0 Å². The number of anilines is 1. The van der Waals surface area contributed by atoms with Crippen molar-refractivity contribution in [3.63, 3.8) is 0 Å². The van der Waals surface area contributed by atoms with Crippen LogP contribution in [0.2, 0.25) is 0 Å². The normalized spacial score (nSPS) is 11.4. The van der Waals surface area contributed by atoms with Gasteiger partial charge < -0.3 is 52.7 Å². The molecule has 1 aromatic carbocycles. The van der Waals surface area contributed by atoms with Gasteiger partial charge in [-0.05, 0) is 19.9 Å². The predicted molar refractivity (Wildman–Crippen MR) is 167 cm³/mol. The molecule has 266 valence electrons. The number of nitro benzene ring substituents is 2. The summed E-state index contributed by atoms with van der Waals surface area (Å²) in [5.41, 5.74) is -0.522. The van der Waals surface area contributed by atoms with E-state index in [9.17, 15) is 20.2 Å². The fourth-order valence-corrected chi connectivity index (χ4v) is 3.40. The number of benzene rings is 1. The largest absolute Gasteiger partial charge is 0.377 e. The van der Waals surface area contributed by atoms with E-state index in [4.69, 9.17) is 47.4 Å². The highest BCUT2D eigenvalue weighted by Crippen LogP contribution is 2.28. The number of non-ortho nitro benzene ring substituents is 1. The van der Waals surface area contributed by atoms with Crippen molar-refractivity contribution >= 4 is 17.1 Å². The van der Waals surface area contributed by atoms with Crippen LogP contribution in [0.5, 0.6) is 0 Å². The molecule has 0 spiro atoms. The number of ether oxygens (including phenoxy) is 10. The van der Waals surface area contributed by atoms with Crippen molar-refractivity contribution in [2.24, 2.45) is 0 Å². The Labute approximate surface area is 270 Å². The second-order valence-corrected chi connectivity index (χ2v) is 9.57. The van der Waals surface area contributed by atoms with Crippen molar-refractivity contribution < 1.29 is 57.2 Å². The summed E-state index contributed by atoms with van der Waals surface area (Å²) in [7, 11) is 0. The molecule has 0 atom stereocenters. The lowest BCUT2D eigenvalue weighted by atomic mass is 10.2. The number of nitrogens with one attached hydrogen (secondary N) is 1. The van der Waals surface area contributed by atoms with E-state index in [0.29, 0.717) is 125 Å². The Hall–Kier alpha value is -2.58. The lowest BCUT2D eigenvalue weighted by molar-refractivity contribution is -0.393. The summed E-state index contributed by atoms with van der Waals surface area (Å²) in [5, 5.41) is 24.8. The molecule has 0 aliphatic rings. The molecule has 0 fully saturated rings. The van der Waals surface area contributed by atoms with E-state index in [-0.39, 0.29) is 29.8 Å². The number of nitro groups is 2. The van der Waals surface area contributed by atoms with Crippen molar-refractivity contribution in [3.8, 4) is 0 Å². The molecule has 0 saturated carbocycles. The summed E-state index contributed by atoms with van der Waals surface area (Å²) < 4.78 is 54.3. The number of nitrogens with zero attached hydrogens (tertiary/aromatic N) is 2. The highest BCUT2D eigenvalue weighted by atomic mass is 16.6. The van der Waals surface area contributed by atoms with Crippen molar-refractivity contribution in [1.29, 1.82) is 0 Å². The van der Waals surface area contributed by atoms with E-state index in [0.717, 1.165) is 6.07 Å². The molecule has 17 heteroatoms. The van der Waals surface area contributed by atoms with E-state index in [2.05, 4.69) is 5.32 Å². The first-order valence-corrected chi connectivity index (χ1v) is 15.4. The third-order valence-electron chi connectivity index (χ3n) is 5.61. The van der Waals surface area contributed by atoms with E-state index in [1.165, 1.54) is 12.1 Å². The fourth-order valence-electron chi connectivity index (χ4n) is 3.40. The molecule has 0 saturated heterocycles. The Balaban J connectivity index is 1.74. The molecule has 1 aromatic rings. The molecule has 0 bridgehead atoms. The zero-order valence-corrected chi connectivity index (χ0v) is 27.1. The minimum Gasteiger partial charge on any atom is -0.377 e. The minimum absolute atomic E-state index is 0.187. The first-order valence-electron chi connectivity index (χ1n) is 15.4. The maximum Gasteiger partial charge on any atom is 0.299 e. The molecule has 0 aromatic heterocycles. The zero-order valence-electron chi connectivity index (χ0n) is 27.1. The molecule has 0 unspecified atom stereocenters. The average Bonchev–Trinajstić information content (AvgIpc) is 3.03. The predicted octanol–water partition coefficient (Wildman–Crippen LogP) is 2.49. The van der Waals surface area contributed by atoms with Crippen LogP contribution in [0.25, 0.3) is 0 Å². The SMILES string of the molecule is CC(C)OCCOCCOCCOCCOCCOCCOCCOCCOCCOCCNc1ccc([N+](=O)[O-])cc1[N+](=O)[O-]. The Kier molecular flexibility index (Phi) is 26.8. The second kappa shape index (κ2) is 29.8. The van der Waals surface area contributed by atoms with E-state index < -0.39 is 9.85 Å². The standard InChI is InChI=1S/C29H51N3O14/c1-26(2)46-24-23-45-22-21-44-20-19-43-18-17-42-16-15-41-14-13-40-12-11-39-10-9-38-8-7-37-6-5-30-28-4-3-27(31(33)34)25-29(28)32(35)36/h3-4,25-26,30H,5-24H2,1-2H3. The second-order valence-electron chi connectivity index (χ2n) is 9.57. The lowest BCUT2D eigenvalue weighted by Crippen LogP contribution is -2.16. The van der Waals surface area contributed by atoms with Gasteiger partial charge in [0.15, 0.2) is 0 Å². The van der Waals surface area contributed by atoms with Crippen molar-refractivity contribution in [2.75, 3.05) is 137 Å². The fraction of sp³-hybridized carbons (Fsp3) is 0.793. The van der Waals surface area contributed by atoms with Crippen molar-refractivity contribution in [3.05, 3.63) is 38.4 Å². The maximum absolute atomic E-state index is 11.1. The van der Waals surface area contributed by atoms with Gasteiger partial charge in [0.1, 0.15) is 5.69 Å². The monoisotopic (exact) mass is 665 g/mol. The maximum atomic E-state index is 11.1. The molecule has 0 heterocycles. The summed E-state index contributed by atoms with van der Waals surface area (Å²) in [4.78, 5) is 20.6. The van der Waals surface area contributed by atoms with Crippen LogP contribution >= 0.6 is 0 Å². The van der Waals surface area contributed by atoms with Gasteiger partial charge in [-0.15, -0.1) is 0 Å². The molecule has 0 aliphatic heterocycles. The van der Waals surface area contributed by atoms with Crippen LogP contribution in [0.4, 0.5) is 17.1 Å². The molecule has 1 rings (SSSR count). The molecule has 0 radical (unpaired) electrons. The van der Waals surface area contributed by atoms with Gasteiger partial charge in [-0.25, -0.2) is 0 Å². The molecular formula is C29H51N3O14. The number of hydrogen-bond acceptors (Lipinski definition) is 15. The first kappa shape index (κ1) is 41.4. The van der Waals surface area contributed by atoms with Gasteiger partial charge in [0.25, 0.3) is 11.4 Å². The van der Waals surface area contributed by atoms with E-state index in [1.54, 1.807) is 0 Å². The molecular weight excluding hydrogens is 614 g/mol. The zero-order chi connectivity index (χ0) is 33.5. The molecule has 0 amide bonds. The van der Waals surface area contributed by atoms with Gasteiger partial charge in [-0.1, -0.05) is 0 Å². The quantitative estimate of drug-likeness (QED) is 0.0641. The van der Waals surface area contributed by atoms with Crippen LogP contribution < -0.4 is 5.32 Å². The third-order valence-corrected chi connectivity index (χ3v) is 5.61. The van der Waals surface area contributed by atoms with Gasteiger partial charge in [-0.2, -0.15) is 0 Å². The Morgan fingerprint density at radius 2 is 0.891 bits per heavy atom. The van der Waals surface area contributed by atoms with Gasteiger partial charge >= 0.3 is 0 Å². The minimum atomic E-state index is -0.681. The molecule has 0 aliphatic carbocycles. The van der Waals surface area contributed by atoms with Gasteiger partial charge in [0.05, 0.1) is 148 Å². The van der Waals surface area contributed by atoms with Crippen LogP contribution in [0, 0.1) is 20.2 Å². The third kappa shape index (κ3) is 24.6. The molecule has 46 heavy (non-hydrogen) atoms. The van der Waals surface area contributed by atoms with Crippen LogP contribution in [0.1, 0.15) is 13.8 Å². The lowest BCUT2D eigenvalue weighted by Gasteiger charge is -2.09. The summed E-state index contributed by atoms with van der Waals surface area (Å²) in [6.45, 7) is 13.1. The Morgan fingerprint density at radius 1 is 0.543 bits per heavy atom. The highest BCUT2D eigenvalue weighted by molar-refractivity contribution is 5.65. The summed E-state index contributed by atoms with van der Waals surface area (Å²) in [5.74, 6) is 0. The van der Waals surface area contributed by atoms with E-state index in [1.807, 2.05) is 13.8 Å². The Morgan fingerprint density at radius 3 is 1.22 bits per heavy atom.